The molecule has 2 rings (SSSR count). The Labute approximate surface area is 116 Å². The normalized spacial score (nSPS) is 12.2. The summed E-state index contributed by atoms with van der Waals surface area (Å²) in [5.41, 5.74) is 7.26. The topological polar surface area (TPSA) is 48.1 Å². The van der Waals surface area contributed by atoms with E-state index in [9.17, 15) is 4.39 Å². The largest absolute Gasteiger partial charge is 0.495 e. The van der Waals surface area contributed by atoms with Crippen LogP contribution in [-0.4, -0.2) is 12.1 Å². The number of rotatable bonds is 4. The van der Waals surface area contributed by atoms with Crippen LogP contribution in [0.5, 0.6) is 5.75 Å². The van der Waals surface area contributed by atoms with Gasteiger partial charge >= 0.3 is 0 Å². The van der Waals surface area contributed by atoms with Crippen LogP contribution in [0.25, 0.3) is 0 Å². The summed E-state index contributed by atoms with van der Waals surface area (Å²) in [7, 11) is 1.56. The second-order valence-electron chi connectivity index (χ2n) is 4.17. The van der Waals surface area contributed by atoms with Gasteiger partial charge in [-0.05, 0) is 30.2 Å². The van der Waals surface area contributed by atoms with Gasteiger partial charge in [0.05, 0.1) is 13.3 Å². The predicted octanol–water partition coefficient (Wildman–Crippen LogP) is 3.13. The minimum Gasteiger partial charge on any atom is -0.495 e. The van der Waals surface area contributed by atoms with Crippen molar-refractivity contribution in [1.29, 1.82) is 0 Å². The smallest absolute Gasteiger partial charge is 0.137 e. The van der Waals surface area contributed by atoms with Crippen LogP contribution in [0.4, 0.5) is 4.39 Å². The summed E-state index contributed by atoms with van der Waals surface area (Å²) in [6, 6.07) is 5.98. The molecule has 1 aromatic heterocycles. The van der Waals surface area contributed by atoms with Gasteiger partial charge in [0, 0.05) is 22.8 Å². The van der Waals surface area contributed by atoms with Crippen molar-refractivity contribution in [2.45, 2.75) is 12.5 Å². The fourth-order valence-electron chi connectivity index (χ4n) is 1.82. The molecule has 1 atom stereocenters. The molecule has 0 spiro atoms. The average Bonchev–Trinajstić information content (AvgIpc) is 2.43. The summed E-state index contributed by atoms with van der Waals surface area (Å²) >= 11 is 5.98. The second-order valence-corrected chi connectivity index (χ2v) is 4.58. The average molecular weight is 281 g/mol. The molecule has 2 N–H and O–H groups in total. The monoisotopic (exact) mass is 280 g/mol. The minimum absolute atomic E-state index is 0.306. The van der Waals surface area contributed by atoms with Gasteiger partial charge in [-0.25, -0.2) is 4.39 Å². The van der Waals surface area contributed by atoms with Crippen LogP contribution in [0.3, 0.4) is 0 Å². The highest BCUT2D eigenvalue weighted by molar-refractivity contribution is 6.31. The molecule has 0 bridgehead atoms. The van der Waals surface area contributed by atoms with Gasteiger partial charge in [0.2, 0.25) is 0 Å². The van der Waals surface area contributed by atoms with Crippen molar-refractivity contribution in [2.24, 2.45) is 5.73 Å². The molecule has 0 aliphatic rings. The van der Waals surface area contributed by atoms with Crippen LogP contribution in [0.2, 0.25) is 5.02 Å². The Balaban J connectivity index is 2.23. The van der Waals surface area contributed by atoms with Crippen molar-refractivity contribution in [3.8, 4) is 5.75 Å². The molecule has 1 aromatic carbocycles. The van der Waals surface area contributed by atoms with Gasteiger partial charge in [0.1, 0.15) is 11.6 Å². The predicted molar refractivity (Wildman–Crippen MR) is 72.8 cm³/mol. The molecular weight excluding hydrogens is 267 g/mol. The number of benzene rings is 1. The van der Waals surface area contributed by atoms with Gasteiger partial charge in [0.25, 0.3) is 0 Å². The Kier molecular flexibility index (Phi) is 4.35. The summed E-state index contributed by atoms with van der Waals surface area (Å²) in [6.07, 6.45) is 3.54. The van der Waals surface area contributed by atoms with Crippen LogP contribution in [0, 0.1) is 5.82 Å². The SMILES string of the molecule is COc1cncc(C(N)Cc2c(F)cccc2Cl)c1. The number of nitrogens with zero attached hydrogens (tertiary/aromatic N) is 1. The molecule has 19 heavy (non-hydrogen) atoms. The van der Waals surface area contributed by atoms with Gasteiger partial charge in [-0.1, -0.05) is 17.7 Å². The molecule has 1 unspecified atom stereocenters. The van der Waals surface area contributed by atoms with Crippen molar-refractivity contribution in [3.05, 3.63) is 58.6 Å². The lowest BCUT2D eigenvalue weighted by Gasteiger charge is -2.14. The maximum absolute atomic E-state index is 13.7. The third-order valence-electron chi connectivity index (χ3n) is 2.88. The third kappa shape index (κ3) is 3.22. The summed E-state index contributed by atoms with van der Waals surface area (Å²) in [5, 5.41) is 0.381. The van der Waals surface area contributed by atoms with Crippen molar-refractivity contribution in [1.82, 2.24) is 4.98 Å². The van der Waals surface area contributed by atoms with Crippen LogP contribution in [0.1, 0.15) is 17.2 Å². The zero-order chi connectivity index (χ0) is 13.8. The zero-order valence-electron chi connectivity index (χ0n) is 10.4. The molecule has 0 radical (unpaired) electrons. The zero-order valence-corrected chi connectivity index (χ0v) is 11.2. The van der Waals surface area contributed by atoms with E-state index < -0.39 is 6.04 Å². The van der Waals surface area contributed by atoms with Gasteiger partial charge < -0.3 is 10.5 Å². The Morgan fingerprint density at radius 2 is 2.21 bits per heavy atom. The first-order chi connectivity index (χ1) is 9.11. The van der Waals surface area contributed by atoms with E-state index >= 15 is 0 Å². The number of nitrogens with two attached hydrogens (primary N) is 1. The van der Waals surface area contributed by atoms with Gasteiger partial charge in [-0.15, -0.1) is 0 Å². The molecule has 1 heterocycles. The van der Waals surface area contributed by atoms with Crippen LogP contribution < -0.4 is 10.5 Å². The van der Waals surface area contributed by atoms with E-state index in [0.29, 0.717) is 22.8 Å². The maximum atomic E-state index is 13.7. The fraction of sp³-hybridized carbons (Fsp3) is 0.214. The standard InChI is InChI=1S/C14H14ClFN2O/c1-19-10-5-9(7-18-8-10)14(17)6-11-12(15)3-2-4-13(11)16/h2-5,7-8,14H,6,17H2,1H3. The highest BCUT2D eigenvalue weighted by Crippen LogP contribution is 2.25. The molecule has 100 valence electrons. The molecule has 0 amide bonds. The highest BCUT2D eigenvalue weighted by Gasteiger charge is 2.14. The maximum Gasteiger partial charge on any atom is 0.137 e. The summed E-state index contributed by atoms with van der Waals surface area (Å²) in [4.78, 5) is 4.03. The minimum atomic E-state index is -0.392. The van der Waals surface area contributed by atoms with E-state index in [1.54, 1.807) is 37.7 Å². The number of pyridine rings is 1. The van der Waals surface area contributed by atoms with E-state index in [0.717, 1.165) is 5.56 Å². The number of methoxy groups -OCH3 is 1. The van der Waals surface area contributed by atoms with E-state index in [1.807, 2.05) is 0 Å². The fourth-order valence-corrected chi connectivity index (χ4v) is 2.06. The number of aromatic nitrogens is 1. The molecule has 5 heteroatoms. The Hall–Kier alpha value is -1.65. The molecule has 0 aliphatic heterocycles. The van der Waals surface area contributed by atoms with Crippen LogP contribution >= 0.6 is 11.6 Å². The van der Waals surface area contributed by atoms with Crippen molar-refractivity contribution < 1.29 is 9.13 Å². The van der Waals surface area contributed by atoms with E-state index in [4.69, 9.17) is 22.1 Å². The Morgan fingerprint density at radius 3 is 2.89 bits per heavy atom. The molecule has 0 saturated heterocycles. The van der Waals surface area contributed by atoms with Crippen molar-refractivity contribution in [2.75, 3.05) is 7.11 Å². The Morgan fingerprint density at radius 1 is 1.42 bits per heavy atom. The van der Waals surface area contributed by atoms with Crippen LogP contribution in [-0.2, 0) is 6.42 Å². The first kappa shape index (κ1) is 13.8. The molecule has 0 aliphatic carbocycles. The van der Waals surface area contributed by atoms with Crippen molar-refractivity contribution in [3.63, 3.8) is 0 Å². The van der Waals surface area contributed by atoms with Gasteiger partial charge in [-0.2, -0.15) is 0 Å². The van der Waals surface area contributed by atoms with Gasteiger partial charge in [-0.3, -0.25) is 4.98 Å². The number of hydrogen-bond donors (Lipinski definition) is 1. The lowest BCUT2D eigenvalue weighted by atomic mass is 10.0. The lowest BCUT2D eigenvalue weighted by Crippen LogP contribution is -2.15. The molecule has 0 saturated carbocycles. The lowest BCUT2D eigenvalue weighted by molar-refractivity contribution is 0.411. The Bertz CT molecular complexity index is 557. The van der Waals surface area contributed by atoms with E-state index in [1.165, 1.54) is 6.07 Å². The number of hydrogen-bond acceptors (Lipinski definition) is 3. The summed E-state index contributed by atoms with van der Waals surface area (Å²) < 4.78 is 18.8. The first-order valence-corrected chi connectivity index (χ1v) is 6.17. The molecule has 0 fully saturated rings. The van der Waals surface area contributed by atoms with Crippen LogP contribution in [0.15, 0.2) is 36.7 Å². The highest BCUT2D eigenvalue weighted by atomic mass is 35.5. The summed E-state index contributed by atoms with van der Waals surface area (Å²) in [5.74, 6) is 0.270. The number of ether oxygens (including phenoxy) is 1. The summed E-state index contributed by atoms with van der Waals surface area (Å²) in [6.45, 7) is 0. The number of halogens is 2. The molecule has 3 nitrogen and oxygen atoms in total. The first-order valence-electron chi connectivity index (χ1n) is 5.79. The van der Waals surface area contributed by atoms with E-state index in [-0.39, 0.29) is 5.82 Å². The molecular formula is C14H14ClFN2O. The van der Waals surface area contributed by atoms with Crippen molar-refractivity contribution >= 4 is 11.6 Å². The molecule has 2 aromatic rings. The third-order valence-corrected chi connectivity index (χ3v) is 3.24. The van der Waals surface area contributed by atoms with Gasteiger partial charge in [0.15, 0.2) is 0 Å². The quantitative estimate of drug-likeness (QED) is 0.936. The second kappa shape index (κ2) is 5.99. The van der Waals surface area contributed by atoms with E-state index in [2.05, 4.69) is 4.98 Å².